The molecule has 15 heteroatoms. The number of aromatic nitrogens is 4. The van der Waals surface area contributed by atoms with E-state index in [2.05, 4.69) is 26.1 Å². The summed E-state index contributed by atoms with van der Waals surface area (Å²) in [6.07, 6.45) is -1.30. The standard InChI is InChI=1S/C24H30N7O7P/c1-14(2)36-22(33)15(3)30-39(34,38-16-8-6-5-7-9-16)35-10-17-19(32)24(4,11-25)23(37-17)31-13-29-18-20(26)27-12-28-21(18)31/h5-9,12-15,17,19,23,32H,10H2,1-4H3,(H,30,34)(H2,26,27,28). The summed E-state index contributed by atoms with van der Waals surface area (Å²) in [4.78, 5) is 24.7. The van der Waals surface area contributed by atoms with Crippen LogP contribution in [-0.4, -0.2) is 61.6 Å². The fourth-order valence-electron chi connectivity index (χ4n) is 4.07. The third-order valence-corrected chi connectivity index (χ3v) is 7.74. The number of nitrogens with two attached hydrogens (primary N) is 1. The predicted molar refractivity (Wildman–Crippen MR) is 138 cm³/mol. The number of fused-ring (bicyclic) bond motifs is 1. The number of hydrogen-bond donors (Lipinski definition) is 3. The number of nitriles is 1. The minimum absolute atomic E-state index is 0.144. The molecule has 1 aliphatic heterocycles. The zero-order valence-corrected chi connectivity index (χ0v) is 22.7. The van der Waals surface area contributed by atoms with Crippen LogP contribution in [0.2, 0.25) is 0 Å². The maximum absolute atomic E-state index is 13.8. The van der Waals surface area contributed by atoms with E-state index in [0.717, 1.165) is 0 Å². The Hall–Kier alpha value is -3.60. The maximum atomic E-state index is 13.8. The van der Waals surface area contributed by atoms with Gasteiger partial charge in [0.15, 0.2) is 17.7 Å². The van der Waals surface area contributed by atoms with E-state index in [-0.39, 0.29) is 17.7 Å². The molecule has 6 unspecified atom stereocenters. The number of carbonyl (C=O) groups is 1. The number of nitrogens with zero attached hydrogens (tertiary/aromatic N) is 5. The van der Waals surface area contributed by atoms with Gasteiger partial charge in [0, 0.05) is 0 Å². The number of benzene rings is 1. The predicted octanol–water partition coefficient (Wildman–Crippen LogP) is 2.33. The van der Waals surface area contributed by atoms with Gasteiger partial charge in [0.2, 0.25) is 0 Å². The fraction of sp³-hybridized carbons (Fsp3) is 0.458. The van der Waals surface area contributed by atoms with Gasteiger partial charge in [-0.2, -0.15) is 10.3 Å². The molecule has 0 bridgehead atoms. The van der Waals surface area contributed by atoms with Gasteiger partial charge >= 0.3 is 13.7 Å². The minimum atomic E-state index is -4.23. The molecule has 4 N–H and O–H groups in total. The largest absolute Gasteiger partial charge is 0.462 e. The first-order valence-corrected chi connectivity index (χ1v) is 13.7. The van der Waals surface area contributed by atoms with Crippen molar-refractivity contribution >= 4 is 30.7 Å². The molecule has 14 nitrogen and oxygen atoms in total. The molecule has 39 heavy (non-hydrogen) atoms. The number of anilines is 1. The summed E-state index contributed by atoms with van der Waals surface area (Å²) in [5.74, 6) is -0.299. The van der Waals surface area contributed by atoms with Crippen molar-refractivity contribution in [2.45, 2.75) is 58.3 Å². The van der Waals surface area contributed by atoms with Crippen LogP contribution in [0.3, 0.4) is 0 Å². The van der Waals surface area contributed by atoms with Gasteiger partial charge in [-0.05, 0) is 39.8 Å². The maximum Gasteiger partial charge on any atom is 0.459 e. The molecule has 208 valence electrons. The summed E-state index contributed by atoms with van der Waals surface area (Å²) in [6.45, 7) is 5.89. The average molecular weight is 560 g/mol. The topological polar surface area (TPSA) is 197 Å². The molecule has 1 fully saturated rings. The van der Waals surface area contributed by atoms with Gasteiger partial charge in [0.25, 0.3) is 0 Å². The quantitative estimate of drug-likeness (QED) is 0.242. The minimum Gasteiger partial charge on any atom is -0.462 e. The summed E-state index contributed by atoms with van der Waals surface area (Å²) >= 11 is 0. The van der Waals surface area contributed by atoms with Crippen molar-refractivity contribution in [3.05, 3.63) is 43.0 Å². The third kappa shape index (κ3) is 5.88. The second-order valence-electron chi connectivity index (χ2n) is 9.48. The van der Waals surface area contributed by atoms with Crippen LogP contribution in [0.4, 0.5) is 5.82 Å². The number of hydrogen-bond acceptors (Lipinski definition) is 12. The van der Waals surface area contributed by atoms with Crippen molar-refractivity contribution < 1.29 is 33.0 Å². The highest BCUT2D eigenvalue weighted by molar-refractivity contribution is 7.52. The number of ether oxygens (including phenoxy) is 2. The van der Waals surface area contributed by atoms with E-state index in [0.29, 0.717) is 11.2 Å². The molecule has 6 atom stereocenters. The van der Waals surface area contributed by atoms with E-state index < -0.39 is 50.2 Å². The van der Waals surface area contributed by atoms with E-state index in [9.17, 15) is 19.7 Å². The van der Waals surface area contributed by atoms with Crippen LogP contribution in [0, 0.1) is 16.7 Å². The highest BCUT2D eigenvalue weighted by Gasteiger charge is 2.55. The van der Waals surface area contributed by atoms with Crippen molar-refractivity contribution in [1.29, 1.82) is 5.26 Å². The number of imidazole rings is 1. The van der Waals surface area contributed by atoms with Gasteiger partial charge in [-0.25, -0.2) is 19.5 Å². The highest BCUT2D eigenvalue weighted by Crippen LogP contribution is 2.49. The van der Waals surface area contributed by atoms with Gasteiger partial charge in [0.05, 0.1) is 25.1 Å². The first-order valence-electron chi connectivity index (χ1n) is 12.1. The van der Waals surface area contributed by atoms with Gasteiger partial charge in [0.1, 0.15) is 41.3 Å². The Kier molecular flexibility index (Phi) is 8.20. The first-order chi connectivity index (χ1) is 18.5. The SMILES string of the molecule is CC(C)OC(=O)C(C)NP(=O)(OCC1OC(n2cnc3c(N)ncnc32)C(C)(C#N)C1O)Oc1ccccc1. The van der Waals surface area contributed by atoms with E-state index in [1.165, 1.54) is 31.1 Å². The molecular weight excluding hydrogens is 529 g/mol. The van der Waals surface area contributed by atoms with Gasteiger partial charge in [-0.15, -0.1) is 0 Å². The Labute approximate surface area is 224 Å². The van der Waals surface area contributed by atoms with Crippen molar-refractivity contribution in [2.75, 3.05) is 12.3 Å². The second kappa shape index (κ2) is 11.3. The zero-order valence-electron chi connectivity index (χ0n) is 21.8. The van der Waals surface area contributed by atoms with Crippen LogP contribution in [0.25, 0.3) is 11.2 Å². The summed E-state index contributed by atoms with van der Waals surface area (Å²) in [5, 5.41) is 23.7. The zero-order chi connectivity index (χ0) is 28.4. The van der Waals surface area contributed by atoms with Gasteiger partial charge < -0.3 is 24.8 Å². The summed E-state index contributed by atoms with van der Waals surface area (Å²) in [7, 11) is -4.23. The van der Waals surface area contributed by atoms with Crippen LogP contribution in [0.1, 0.15) is 33.9 Å². The molecule has 0 radical (unpaired) electrons. The molecule has 0 spiro atoms. The van der Waals surface area contributed by atoms with E-state index in [4.69, 9.17) is 24.3 Å². The molecule has 1 saturated heterocycles. The van der Waals surface area contributed by atoms with E-state index in [1.807, 2.05) is 0 Å². The third-order valence-electron chi connectivity index (χ3n) is 6.10. The smallest absolute Gasteiger partial charge is 0.459 e. The van der Waals surface area contributed by atoms with E-state index >= 15 is 0 Å². The van der Waals surface area contributed by atoms with Crippen LogP contribution in [-0.2, 0) is 23.4 Å². The lowest BCUT2D eigenvalue weighted by Gasteiger charge is -2.26. The Morgan fingerprint density at radius 2 is 2.03 bits per heavy atom. The molecule has 0 saturated carbocycles. The molecule has 4 rings (SSSR count). The number of aliphatic hydroxyl groups is 1. The molecule has 1 aliphatic rings. The fourth-order valence-corrected chi connectivity index (χ4v) is 5.57. The number of nitrogens with one attached hydrogen (secondary N) is 1. The second-order valence-corrected chi connectivity index (χ2v) is 11.2. The number of carbonyl (C=O) groups excluding carboxylic acids is 1. The van der Waals surface area contributed by atoms with Crippen LogP contribution in [0.5, 0.6) is 5.75 Å². The average Bonchev–Trinajstić information content (AvgIpc) is 3.43. The molecule has 3 aromatic rings. The van der Waals surface area contributed by atoms with Crippen LogP contribution >= 0.6 is 7.75 Å². The Morgan fingerprint density at radius 3 is 2.69 bits per heavy atom. The number of aliphatic hydroxyl groups excluding tert-OH is 1. The number of esters is 1. The normalized spacial score (nSPS) is 25.2. The van der Waals surface area contributed by atoms with Gasteiger partial charge in [-0.1, -0.05) is 18.2 Å². The monoisotopic (exact) mass is 559 g/mol. The van der Waals surface area contributed by atoms with Crippen molar-refractivity contribution in [3.63, 3.8) is 0 Å². The van der Waals surface area contributed by atoms with Crippen molar-refractivity contribution in [2.24, 2.45) is 5.41 Å². The number of para-hydroxylation sites is 1. The lowest BCUT2D eigenvalue weighted by atomic mass is 9.84. The molecule has 3 heterocycles. The summed E-state index contributed by atoms with van der Waals surface area (Å²) in [6, 6.07) is 9.28. The first kappa shape index (κ1) is 28.4. The molecule has 0 amide bonds. The Bertz CT molecular complexity index is 1410. The summed E-state index contributed by atoms with van der Waals surface area (Å²) < 4.78 is 37.8. The molecule has 2 aromatic heterocycles. The van der Waals surface area contributed by atoms with Crippen LogP contribution in [0.15, 0.2) is 43.0 Å². The number of nitrogen functional groups attached to an aromatic ring is 1. The molecule has 1 aromatic carbocycles. The summed E-state index contributed by atoms with van der Waals surface area (Å²) in [5.41, 5.74) is 5.02. The Morgan fingerprint density at radius 1 is 1.31 bits per heavy atom. The van der Waals surface area contributed by atoms with Gasteiger partial charge in [-0.3, -0.25) is 13.9 Å². The van der Waals surface area contributed by atoms with Crippen molar-refractivity contribution in [1.82, 2.24) is 24.6 Å². The lowest BCUT2D eigenvalue weighted by molar-refractivity contribution is -0.149. The molecular formula is C24H30N7O7P. The lowest BCUT2D eigenvalue weighted by Crippen LogP contribution is -2.39. The van der Waals surface area contributed by atoms with E-state index in [1.54, 1.807) is 44.2 Å². The highest BCUT2D eigenvalue weighted by atomic mass is 31.2. The Balaban J connectivity index is 1.57. The van der Waals surface area contributed by atoms with Crippen molar-refractivity contribution in [3.8, 4) is 11.8 Å². The van der Waals surface area contributed by atoms with Crippen LogP contribution < -0.4 is 15.3 Å². The number of rotatable bonds is 10. The molecule has 0 aliphatic carbocycles.